The number of hydrogen-bond acceptors (Lipinski definition) is 5. The Labute approximate surface area is 108 Å². The standard InChI is InChI=1S/C11H13N3O5/c1-6-4-7(14(18)19)2-3-9(6)13-11(17)8(12)5-10(15)16/h2-4,8H,5,12H2,1H3,(H,13,17)(H,15,16). The van der Waals surface area contributed by atoms with Gasteiger partial charge in [-0.05, 0) is 18.6 Å². The van der Waals surface area contributed by atoms with E-state index in [0.29, 0.717) is 11.3 Å². The van der Waals surface area contributed by atoms with Crippen molar-refractivity contribution >= 4 is 23.3 Å². The Hall–Kier alpha value is -2.48. The summed E-state index contributed by atoms with van der Waals surface area (Å²) in [6.07, 6.45) is -0.488. The maximum atomic E-state index is 11.6. The second kappa shape index (κ2) is 5.91. The molecule has 0 aliphatic rings. The van der Waals surface area contributed by atoms with E-state index in [1.807, 2.05) is 0 Å². The quantitative estimate of drug-likeness (QED) is 0.529. The van der Waals surface area contributed by atoms with Crippen molar-refractivity contribution in [2.24, 2.45) is 5.73 Å². The summed E-state index contributed by atoms with van der Waals surface area (Å²) < 4.78 is 0. The average Bonchev–Trinajstić information content (AvgIpc) is 2.30. The van der Waals surface area contributed by atoms with Crippen LogP contribution in [-0.2, 0) is 9.59 Å². The molecule has 0 saturated carbocycles. The van der Waals surface area contributed by atoms with Crippen molar-refractivity contribution in [1.82, 2.24) is 0 Å². The molecule has 0 bridgehead atoms. The molecule has 1 aromatic carbocycles. The molecule has 1 unspecified atom stereocenters. The fourth-order valence-electron chi connectivity index (χ4n) is 1.41. The predicted molar refractivity (Wildman–Crippen MR) is 66.7 cm³/mol. The third-order valence-electron chi connectivity index (χ3n) is 2.41. The molecule has 0 aliphatic carbocycles. The van der Waals surface area contributed by atoms with Gasteiger partial charge < -0.3 is 16.2 Å². The molecule has 8 heteroatoms. The first-order chi connectivity index (χ1) is 8.81. The van der Waals surface area contributed by atoms with Crippen LogP contribution in [0.2, 0.25) is 0 Å². The van der Waals surface area contributed by atoms with Crippen LogP contribution in [0.25, 0.3) is 0 Å². The van der Waals surface area contributed by atoms with E-state index in [0.717, 1.165) is 0 Å². The normalized spacial score (nSPS) is 11.7. The molecule has 0 saturated heterocycles. The topological polar surface area (TPSA) is 136 Å². The molecule has 0 radical (unpaired) electrons. The smallest absolute Gasteiger partial charge is 0.305 e. The van der Waals surface area contributed by atoms with Crippen LogP contribution >= 0.6 is 0 Å². The van der Waals surface area contributed by atoms with Gasteiger partial charge in [-0.25, -0.2) is 0 Å². The summed E-state index contributed by atoms with van der Waals surface area (Å²) in [5.41, 5.74) is 6.15. The Balaban J connectivity index is 2.80. The number of nitro benzene ring substituents is 1. The second-order valence-corrected chi connectivity index (χ2v) is 3.95. The molecular weight excluding hydrogens is 254 g/mol. The minimum atomic E-state index is -1.18. The Morgan fingerprint density at radius 2 is 2.16 bits per heavy atom. The van der Waals surface area contributed by atoms with Gasteiger partial charge in [0.1, 0.15) is 0 Å². The van der Waals surface area contributed by atoms with Crippen molar-refractivity contribution in [3.63, 3.8) is 0 Å². The van der Waals surface area contributed by atoms with Crippen LogP contribution in [-0.4, -0.2) is 27.9 Å². The first kappa shape index (κ1) is 14.6. The number of nitrogens with two attached hydrogens (primary N) is 1. The third kappa shape index (κ3) is 4.03. The number of rotatable bonds is 5. The van der Waals surface area contributed by atoms with E-state index in [-0.39, 0.29) is 5.69 Å². The van der Waals surface area contributed by atoms with Gasteiger partial charge >= 0.3 is 5.97 Å². The van der Waals surface area contributed by atoms with Crippen LogP contribution in [0.3, 0.4) is 0 Å². The van der Waals surface area contributed by atoms with E-state index in [2.05, 4.69) is 5.32 Å². The van der Waals surface area contributed by atoms with Gasteiger partial charge in [-0.15, -0.1) is 0 Å². The molecule has 19 heavy (non-hydrogen) atoms. The highest BCUT2D eigenvalue weighted by molar-refractivity contribution is 5.97. The Morgan fingerprint density at radius 3 is 2.63 bits per heavy atom. The molecular formula is C11H13N3O5. The first-order valence-electron chi connectivity index (χ1n) is 5.34. The van der Waals surface area contributed by atoms with Crippen LogP contribution in [0.15, 0.2) is 18.2 Å². The van der Waals surface area contributed by atoms with Crippen molar-refractivity contribution in [1.29, 1.82) is 0 Å². The van der Waals surface area contributed by atoms with Crippen LogP contribution in [0.1, 0.15) is 12.0 Å². The number of carbonyl (C=O) groups excluding carboxylic acids is 1. The zero-order valence-corrected chi connectivity index (χ0v) is 10.1. The number of carbonyl (C=O) groups is 2. The summed E-state index contributed by atoms with van der Waals surface area (Å²) in [4.78, 5) is 32.0. The molecule has 1 amide bonds. The molecule has 102 valence electrons. The minimum Gasteiger partial charge on any atom is -0.481 e. The molecule has 4 N–H and O–H groups in total. The van der Waals surface area contributed by atoms with Crippen molar-refractivity contribution < 1.29 is 19.6 Å². The van der Waals surface area contributed by atoms with Crippen molar-refractivity contribution in [2.75, 3.05) is 5.32 Å². The maximum Gasteiger partial charge on any atom is 0.305 e. The zero-order valence-electron chi connectivity index (χ0n) is 10.1. The van der Waals surface area contributed by atoms with Crippen molar-refractivity contribution in [3.8, 4) is 0 Å². The molecule has 0 aliphatic heterocycles. The molecule has 0 fully saturated rings. The predicted octanol–water partition coefficient (Wildman–Crippen LogP) is 0.644. The van der Waals surface area contributed by atoms with E-state index < -0.39 is 29.3 Å². The lowest BCUT2D eigenvalue weighted by molar-refractivity contribution is -0.384. The highest BCUT2D eigenvalue weighted by Crippen LogP contribution is 2.21. The number of aryl methyl sites for hydroxylation is 1. The third-order valence-corrected chi connectivity index (χ3v) is 2.41. The first-order valence-corrected chi connectivity index (χ1v) is 5.34. The van der Waals surface area contributed by atoms with Gasteiger partial charge in [-0.2, -0.15) is 0 Å². The SMILES string of the molecule is Cc1cc([N+](=O)[O-])ccc1NC(=O)C(N)CC(=O)O. The van der Waals surface area contributed by atoms with Gasteiger partial charge in [0.25, 0.3) is 5.69 Å². The van der Waals surface area contributed by atoms with Crippen molar-refractivity contribution in [2.45, 2.75) is 19.4 Å². The summed E-state index contributed by atoms with van der Waals surface area (Å²) in [7, 11) is 0. The summed E-state index contributed by atoms with van der Waals surface area (Å²) in [5.74, 6) is -1.83. The van der Waals surface area contributed by atoms with Gasteiger partial charge in [-0.1, -0.05) is 0 Å². The maximum absolute atomic E-state index is 11.6. The number of amides is 1. The highest BCUT2D eigenvalue weighted by atomic mass is 16.6. The monoisotopic (exact) mass is 267 g/mol. The minimum absolute atomic E-state index is 0.0923. The number of nitrogens with one attached hydrogen (secondary N) is 1. The lowest BCUT2D eigenvalue weighted by Gasteiger charge is -2.11. The molecule has 0 aromatic heterocycles. The van der Waals surface area contributed by atoms with Gasteiger partial charge in [0.05, 0.1) is 17.4 Å². The van der Waals surface area contributed by atoms with Crippen LogP contribution in [0.5, 0.6) is 0 Å². The van der Waals surface area contributed by atoms with Crippen LogP contribution in [0, 0.1) is 17.0 Å². The van der Waals surface area contributed by atoms with E-state index in [1.54, 1.807) is 6.92 Å². The molecule has 0 heterocycles. The van der Waals surface area contributed by atoms with Crippen LogP contribution < -0.4 is 11.1 Å². The van der Waals surface area contributed by atoms with E-state index in [1.165, 1.54) is 18.2 Å². The summed E-state index contributed by atoms with van der Waals surface area (Å²) in [6.45, 7) is 1.59. The fraction of sp³-hybridized carbons (Fsp3) is 0.273. The number of carboxylic acid groups (broad SMARTS) is 1. The highest BCUT2D eigenvalue weighted by Gasteiger charge is 2.18. The molecule has 0 spiro atoms. The molecule has 1 rings (SSSR count). The Kier molecular flexibility index (Phi) is 4.54. The largest absolute Gasteiger partial charge is 0.481 e. The lowest BCUT2D eigenvalue weighted by Crippen LogP contribution is -2.37. The van der Waals surface area contributed by atoms with E-state index in [9.17, 15) is 19.7 Å². The number of non-ortho nitro benzene ring substituents is 1. The number of carboxylic acids is 1. The van der Waals surface area contributed by atoms with Gasteiger partial charge in [0.15, 0.2) is 0 Å². The lowest BCUT2D eigenvalue weighted by atomic mass is 10.1. The number of nitro groups is 1. The Morgan fingerprint density at radius 1 is 1.53 bits per heavy atom. The number of aliphatic carboxylic acids is 1. The summed E-state index contributed by atoms with van der Waals surface area (Å²) in [6, 6.07) is 2.75. The summed E-state index contributed by atoms with van der Waals surface area (Å²) >= 11 is 0. The number of benzene rings is 1. The Bertz CT molecular complexity index is 529. The van der Waals surface area contributed by atoms with Gasteiger partial charge in [-0.3, -0.25) is 19.7 Å². The van der Waals surface area contributed by atoms with Crippen molar-refractivity contribution in [3.05, 3.63) is 33.9 Å². The zero-order chi connectivity index (χ0) is 14.6. The number of anilines is 1. The van der Waals surface area contributed by atoms with Gasteiger partial charge in [0.2, 0.25) is 5.91 Å². The molecule has 8 nitrogen and oxygen atoms in total. The van der Waals surface area contributed by atoms with Gasteiger partial charge in [0, 0.05) is 17.8 Å². The van der Waals surface area contributed by atoms with E-state index >= 15 is 0 Å². The number of nitrogens with zero attached hydrogens (tertiary/aromatic N) is 1. The van der Waals surface area contributed by atoms with E-state index in [4.69, 9.17) is 10.8 Å². The molecule has 1 aromatic rings. The molecule has 1 atom stereocenters. The van der Waals surface area contributed by atoms with Crippen LogP contribution in [0.4, 0.5) is 11.4 Å². The number of hydrogen-bond donors (Lipinski definition) is 3. The fourth-order valence-corrected chi connectivity index (χ4v) is 1.41. The second-order valence-electron chi connectivity index (χ2n) is 3.95. The summed E-state index contributed by atoms with van der Waals surface area (Å²) in [5, 5.41) is 21.5. The average molecular weight is 267 g/mol.